The highest BCUT2D eigenvalue weighted by Crippen LogP contribution is 2.31. The predicted molar refractivity (Wildman–Crippen MR) is 77.5 cm³/mol. The molecule has 0 spiro atoms. The summed E-state index contributed by atoms with van der Waals surface area (Å²) >= 11 is 1.65. The molecule has 2 aromatic carbocycles. The van der Waals surface area contributed by atoms with Crippen molar-refractivity contribution in [2.75, 3.05) is 5.73 Å². The van der Waals surface area contributed by atoms with Crippen LogP contribution in [0.5, 0.6) is 0 Å². The van der Waals surface area contributed by atoms with E-state index in [0.717, 1.165) is 26.6 Å². The maximum atomic E-state index is 10.7. The van der Waals surface area contributed by atoms with Gasteiger partial charge in [-0.3, -0.25) is 4.79 Å². The Morgan fingerprint density at radius 2 is 1.89 bits per heavy atom. The lowest BCUT2D eigenvalue weighted by atomic mass is 10.1. The number of nitrogen functional groups attached to an aromatic ring is 1. The molecule has 0 saturated carbocycles. The molecule has 3 N–H and O–H groups in total. The summed E-state index contributed by atoms with van der Waals surface area (Å²) in [6, 6.07) is 13.4. The monoisotopic (exact) mass is 273 g/mol. The normalized spacial score (nSPS) is 10.4. The number of nitrogens with two attached hydrogens (primary N) is 1. The summed E-state index contributed by atoms with van der Waals surface area (Å²) < 4.78 is 0. The molecule has 0 aliphatic rings. The van der Waals surface area contributed by atoms with Gasteiger partial charge in [0.1, 0.15) is 0 Å². The van der Waals surface area contributed by atoms with E-state index in [0.29, 0.717) is 0 Å². The number of aryl methyl sites for hydroxylation is 1. The first kappa shape index (κ1) is 13.5. The first-order valence-electron chi connectivity index (χ1n) is 5.89. The van der Waals surface area contributed by atoms with Gasteiger partial charge in [-0.25, -0.2) is 0 Å². The van der Waals surface area contributed by atoms with Gasteiger partial charge in [0, 0.05) is 15.5 Å². The van der Waals surface area contributed by atoms with Crippen molar-refractivity contribution in [2.45, 2.75) is 23.1 Å². The maximum Gasteiger partial charge on any atom is 0.307 e. The van der Waals surface area contributed by atoms with Gasteiger partial charge < -0.3 is 10.8 Å². The quantitative estimate of drug-likeness (QED) is 0.838. The van der Waals surface area contributed by atoms with Gasteiger partial charge in [-0.05, 0) is 48.4 Å². The van der Waals surface area contributed by atoms with Crippen molar-refractivity contribution in [1.82, 2.24) is 0 Å². The molecule has 4 heteroatoms. The van der Waals surface area contributed by atoms with Crippen molar-refractivity contribution in [3.8, 4) is 0 Å². The second-order valence-corrected chi connectivity index (χ2v) is 5.46. The predicted octanol–water partition coefficient (Wildman–Crippen LogP) is 3.36. The molecule has 0 saturated heterocycles. The van der Waals surface area contributed by atoms with E-state index in [4.69, 9.17) is 10.8 Å². The number of benzene rings is 2. The maximum absolute atomic E-state index is 10.7. The Morgan fingerprint density at radius 3 is 2.47 bits per heavy atom. The van der Waals surface area contributed by atoms with Crippen LogP contribution >= 0.6 is 11.8 Å². The first-order valence-corrected chi connectivity index (χ1v) is 6.71. The van der Waals surface area contributed by atoms with Gasteiger partial charge in [0.2, 0.25) is 0 Å². The van der Waals surface area contributed by atoms with E-state index in [1.54, 1.807) is 11.8 Å². The average Bonchev–Trinajstić information content (AvgIpc) is 2.34. The SMILES string of the molecule is Cc1cc(CC(=O)O)ccc1Sc1ccc(N)cc1. The van der Waals surface area contributed by atoms with Crippen LogP contribution in [0, 0.1) is 6.92 Å². The molecule has 19 heavy (non-hydrogen) atoms. The second-order valence-electron chi connectivity index (χ2n) is 4.34. The van der Waals surface area contributed by atoms with Crippen LogP contribution in [0.25, 0.3) is 0 Å². The number of hydrogen-bond acceptors (Lipinski definition) is 3. The molecular weight excluding hydrogens is 258 g/mol. The van der Waals surface area contributed by atoms with Gasteiger partial charge in [0.25, 0.3) is 0 Å². The lowest BCUT2D eigenvalue weighted by Gasteiger charge is -2.07. The van der Waals surface area contributed by atoms with Crippen LogP contribution in [-0.2, 0) is 11.2 Å². The molecule has 0 aliphatic heterocycles. The summed E-state index contributed by atoms with van der Waals surface area (Å²) in [4.78, 5) is 12.9. The zero-order chi connectivity index (χ0) is 13.8. The minimum absolute atomic E-state index is 0.0632. The Morgan fingerprint density at radius 1 is 1.21 bits per heavy atom. The molecule has 0 aliphatic carbocycles. The van der Waals surface area contributed by atoms with Crippen LogP contribution in [0.3, 0.4) is 0 Å². The van der Waals surface area contributed by atoms with Crippen LogP contribution in [0.4, 0.5) is 5.69 Å². The van der Waals surface area contributed by atoms with E-state index >= 15 is 0 Å². The second kappa shape index (κ2) is 5.80. The molecule has 0 bridgehead atoms. The van der Waals surface area contributed by atoms with Gasteiger partial charge in [-0.15, -0.1) is 0 Å². The number of hydrogen-bond donors (Lipinski definition) is 2. The van der Waals surface area contributed by atoms with E-state index < -0.39 is 5.97 Å². The summed E-state index contributed by atoms with van der Waals surface area (Å²) in [5, 5.41) is 8.77. The summed E-state index contributed by atoms with van der Waals surface area (Å²) in [5.41, 5.74) is 8.31. The smallest absolute Gasteiger partial charge is 0.307 e. The minimum atomic E-state index is -0.807. The Bertz CT molecular complexity index is 594. The lowest BCUT2D eigenvalue weighted by Crippen LogP contribution is -2.00. The third-order valence-corrected chi connectivity index (χ3v) is 3.89. The molecule has 0 fully saturated rings. The Balaban J connectivity index is 2.17. The van der Waals surface area contributed by atoms with E-state index in [9.17, 15) is 4.79 Å². The zero-order valence-electron chi connectivity index (χ0n) is 10.6. The van der Waals surface area contributed by atoms with Crippen molar-refractivity contribution in [1.29, 1.82) is 0 Å². The highest BCUT2D eigenvalue weighted by atomic mass is 32.2. The summed E-state index contributed by atoms with van der Waals surface area (Å²) in [7, 11) is 0. The molecular formula is C15H15NO2S. The van der Waals surface area contributed by atoms with Crippen molar-refractivity contribution >= 4 is 23.4 Å². The van der Waals surface area contributed by atoms with Crippen molar-refractivity contribution in [2.24, 2.45) is 0 Å². The molecule has 2 rings (SSSR count). The largest absolute Gasteiger partial charge is 0.481 e. The average molecular weight is 273 g/mol. The summed E-state index contributed by atoms with van der Waals surface area (Å²) in [6.07, 6.45) is 0.0632. The molecule has 2 aromatic rings. The van der Waals surface area contributed by atoms with Gasteiger partial charge in [-0.1, -0.05) is 23.9 Å². The number of rotatable bonds is 4. The molecule has 0 unspecified atom stereocenters. The van der Waals surface area contributed by atoms with Crippen LogP contribution in [0.2, 0.25) is 0 Å². The lowest BCUT2D eigenvalue weighted by molar-refractivity contribution is -0.136. The van der Waals surface area contributed by atoms with Crippen molar-refractivity contribution in [3.63, 3.8) is 0 Å². The molecule has 3 nitrogen and oxygen atoms in total. The Kier molecular flexibility index (Phi) is 4.12. The number of aliphatic carboxylic acids is 1. The van der Waals surface area contributed by atoms with Crippen LogP contribution in [0.1, 0.15) is 11.1 Å². The van der Waals surface area contributed by atoms with Crippen LogP contribution in [-0.4, -0.2) is 11.1 Å². The third-order valence-electron chi connectivity index (χ3n) is 2.70. The molecule has 0 radical (unpaired) electrons. The fraction of sp³-hybridized carbons (Fsp3) is 0.133. The number of carbonyl (C=O) groups is 1. The topological polar surface area (TPSA) is 63.3 Å². The summed E-state index contributed by atoms with van der Waals surface area (Å²) in [5.74, 6) is -0.807. The fourth-order valence-electron chi connectivity index (χ4n) is 1.77. The standard InChI is InChI=1S/C15H15NO2S/c1-10-8-11(9-15(17)18)2-7-14(10)19-13-5-3-12(16)4-6-13/h2-8H,9,16H2,1H3,(H,17,18). The molecule has 0 atom stereocenters. The van der Waals surface area contributed by atoms with E-state index in [-0.39, 0.29) is 6.42 Å². The van der Waals surface area contributed by atoms with Gasteiger partial charge in [0.05, 0.1) is 6.42 Å². The van der Waals surface area contributed by atoms with Crippen molar-refractivity contribution in [3.05, 3.63) is 53.6 Å². The van der Waals surface area contributed by atoms with Crippen LogP contribution < -0.4 is 5.73 Å². The highest BCUT2D eigenvalue weighted by Gasteiger charge is 2.05. The highest BCUT2D eigenvalue weighted by molar-refractivity contribution is 7.99. The number of carboxylic acid groups (broad SMARTS) is 1. The molecule has 0 heterocycles. The molecule has 0 aromatic heterocycles. The van der Waals surface area contributed by atoms with Gasteiger partial charge in [0.15, 0.2) is 0 Å². The molecule has 98 valence electrons. The Labute approximate surface area is 116 Å². The van der Waals surface area contributed by atoms with E-state index in [2.05, 4.69) is 0 Å². The fourth-order valence-corrected chi connectivity index (χ4v) is 2.66. The number of carboxylic acids is 1. The van der Waals surface area contributed by atoms with E-state index in [1.807, 2.05) is 49.4 Å². The van der Waals surface area contributed by atoms with Crippen LogP contribution in [0.15, 0.2) is 52.3 Å². The number of anilines is 1. The third kappa shape index (κ3) is 3.76. The first-order chi connectivity index (χ1) is 9.04. The van der Waals surface area contributed by atoms with Gasteiger partial charge >= 0.3 is 5.97 Å². The van der Waals surface area contributed by atoms with E-state index in [1.165, 1.54) is 0 Å². The molecule has 0 amide bonds. The Hall–Kier alpha value is -1.94. The summed E-state index contributed by atoms with van der Waals surface area (Å²) in [6.45, 7) is 1.99. The zero-order valence-corrected chi connectivity index (χ0v) is 11.4. The minimum Gasteiger partial charge on any atom is -0.481 e. The van der Waals surface area contributed by atoms with Gasteiger partial charge in [-0.2, -0.15) is 0 Å². The van der Waals surface area contributed by atoms with Crippen molar-refractivity contribution < 1.29 is 9.90 Å².